The van der Waals surface area contributed by atoms with Crippen molar-refractivity contribution >= 4 is 60.2 Å². The van der Waals surface area contributed by atoms with E-state index in [1.807, 2.05) is 0 Å². The minimum atomic E-state index is -0.505. The third-order valence-corrected chi connectivity index (χ3v) is 14.2. The topological polar surface area (TPSA) is 3.24 Å². The van der Waals surface area contributed by atoms with E-state index in [0.29, 0.717) is 0 Å². The highest BCUT2D eigenvalue weighted by molar-refractivity contribution is 6.10. The second-order valence-corrected chi connectivity index (χ2v) is 17.7. The largest absolute Gasteiger partial charge is 0.310 e. The molecule has 312 valence electrons. The smallest absolute Gasteiger partial charge is 0.0667 e. The van der Waals surface area contributed by atoms with E-state index in [1.165, 1.54) is 93.2 Å². The van der Waals surface area contributed by atoms with Gasteiger partial charge in [0, 0.05) is 23.0 Å². The minimum Gasteiger partial charge on any atom is -0.310 e. The average molecular weight is 842 g/mol. The van der Waals surface area contributed by atoms with Crippen molar-refractivity contribution < 1.29 is 0 Å². The Morgan fingerprint density at radius 3 is 1.29 bits per heavy atom. The molecule has 12 rings (SSSR count). The molecule has 66 heavy (non-hydrogen) atoms. The summed E-state index contributed by atoms with van der Waals surface area (Å²) in [5.41, 5.74) is 13.7. The van der Waals surface area contributed by atoms with Crippen molar-refractivity contribution in [3.8, 4) is 22.3 Å². The van der Waals surface area contributed by atoms with Crippen LogP contribution in [0.5, 0.6) is 0 Å². The molecule has 0 heterocycles. The van der Waals surface area contributed by atoms with Gasteiger partial charge in [-0.2, -0.15) is 0 Å². The van der Waals surface area contributed by atoms with Gasteiger partial charge in [-0.1, -0.05) is 206 Å². The summed E-state index contributed by atoms with van der Waals surface area (Å²) in [5, 5.41) is 10.1. The van der Waals surface area contributed by atoms with Crippen LogP contribution in [0.3, 0.4) is 0 Å². The number of allylic oxidation sites excluding steroid dienone is 2. The summed E-state index contributed by atoms with van der Waals surface area (Å²) in [6.45, 7) is 9.21. The van der Waals surface area contributed by atoms with Crippen molar-refractivity contribution in [3.05, 3.63) is 284 Å². The molecule has 0 spiro atoms. The Morgan fingerprint density at radius 2 is 0.803 bits per heavy atom. The predicted molar refractivity (Wildman–Crippen MR) is 281 cm³/mol. The van der Waals surface area contributed by atoms with Gasteiger partial charge in [-0.05, 0) is 143 Å². The van der Waals surface area contributed by atoms with E-state index >= 15 is 0 Å². The molecule has 1 aliphatic carbocycles. The quantitative estimate of drug-likeness (QED) is 0.103. The first kappa shape index (κ1) is 39.3. The Balaban J connectivity index is 0.999. The van der Waals surface area contributed by atoms with Gasteiger partial charge in [-0.15, -0.1) is 6.58 Å². The molecular weight excluding hydrogens is 795 g/mol. The summed E-state index contributed by atoms with van der Waals surface area (Å²) >= 11 is 0. The monoisotopic (exact) mass is 841 g/mol. The Labute approximate surface area is 386 Å². The van der Waals surface area contributed by atoms with Gasteiger partial charge in [-0.3, -0.25) is 0 Å². The zero-order valence-electron chi connectivity index (χ0n) is 36.7. The zero-order valence-corrected chi connectivity index (χ0v) is 36.7. The number of nitrogens with zero attached hydrogens (tertiary/aromatic N) is 1. The number of anilines is 3. The van der Waals surface area contributed by atoms with E-state index in [9.17, 15) is 0 Å². The van der Waals surface area contributed by atoms with Crippen molar-refractivity contribution in [2.75, 3.05) is 4.90 Å². The van der Waals surface area contributed by atoms with Gasteiger partial charge in [0.15, 0.2) is 0 Å². The molecule has 0 fully saturated rings. The highest BCUT2D eigenvalue weighted by atomic mass is 15.1. The van der Waals surface area contributed by atoms with Crippen molar-refractivity contribution in [3.63, 3.8) is 0 Å². The molecule has 0 radical (unpaired) electrons. The molecule has 0 bridgehead atoms. The summed E-state index contributed by atoms with van der Waals surface area (Å²) in [6, 6.07) is 87.0. The van der Waals surface area contributed by atoms with E-state index in [-0.39, 0.29) is 5.92 Å². The molecule has 1 heteroatoms. The molecule has 0 saturated heterocycles. The van der Waals surface area contributed by atoms with Crippen LogP contribution in [0.2, 0.25) is 0 Å². The number of fused-ring (bicyclic) bond motifs is 7. The lowest BCUT2D eigenvalue weighted by molar-refractivity contribution is 0.704. The van der Waals surface area contributed by atoms with E-state index in [2.05, 4.69) is 254 Å². The Hall–Kier alpha value is -8.26. The van der Waals surface area contributed by atoms with Crippen LogP contribution in [-0.2, 0) is 5.41 Å². The lowest BCUT2D eigenvalue weighted by Gasteiger charge is -2.35. The maximum Gasteiger partial charge on any atom is 0.0667 e. The molecule has 1 aliphatic rings. The predicted octanol–water partition coefficient (Wildman–Crippen LogP) is 17.7. The van der Waals surface area contributed by atoms with Crippen LogP contribution in [0.25, 0.3) is 65.3 Å². The fourth-order valence-electron chi connectivity index (χ4n) is 11.0. The van der Waals surface area contributed by atoms with E-state index in [4.69, 9.17) is 6.58 Å². The van der Waals surface area contributed by atoms with Crippen LogP contribution in [0.4, 0.5) is 17.1 Å². The molecule has 0 aromatic heterocycles. The maximum absolute atomic E-state index is 4.95. The molecule has 1 unspecified atom stereocenters. The van der Waals surface area contributed by atoms with E-state index in [0.717, 1.165) is 23.5 Å². The molecule has 0 N–H and O–H groups in total. The van der Waals surface area contributed by atoms with Crippen LogP contribution in [0.1, 0.15) is 34.6 Å². The van der Waals surface area contributed by atoms with Crippen molar-refractivity contribution in [1.82, 2.24) is 0 Å². The SMILES string of the molecule is C=CCC1C(=C)C(c2ccccc2)(c2ccccc2)c2ccc(N(c3ccc(-c4ccc5ccc6ccccc6c5c4)cc3)c3ccc(-c4ccc5ccc6ccccc6c5c4)cc3)cc21. The second kappa shape index (κ2) is 16.1. The van der Waals surface area contributed by atoms with Gasteiger partial charge < -0.3 is 4.90 Å². The third kappa shape index (κ3) is 6.38. The highest BCUT2D eigenvalue weighted by Crippen LogP contribution is 2.59. The molecule has 0 saturated carbocycles. The molecule has 1 atom stereocenters. The second-order valence-electron chi connectivity index (χ2n) is 17.7. The van der Waals surface area contributed by atoms with Crippen molar-refractivity contribution in [2.45, 2.75) is 17.8 Å². The lowest BCUT2D eigenvalue weighted by atomic mass is 9.67. The normalized spacial score (nSPS) is 14.2. The fraction of sp³-hybridized carbons (Fsp3) is 0.0462. The number of hydrogen-bond donors (Lipinski definition) is 0. The summed E-state index contributed by atoms with van der Waals surface area (Å²) < 4.78 is 0. The molecule has 0 aliphatic heterocycles. The summed E-state index contributed by atoms with van der Waals surface area (Å²) in [4.78, 5) is 2.41. The molecule has 11 aromatic rings. The zero-order chi connectivity index (χ0) is 44.2. The Bertz CT molecular complexity index is 3440. The first-order chi connectivity index (χ1) is 32.6. The number of hydrogen-bond acceptors (Lipinski definition) is 1. The Kier molecular flexibility index (Phi) is 9.58. The molecule has 0 amide bonds. The van der Waals surface area contributed by atoms with E-state index in [1.54, 1.807) is 0 Å². The summed E-state index contributed by atoms with van der Waals surface area (Å²) in [6.07, 6.45) is 2.85. The van der Waals surface area contributed by atoms with Crippen molar-refractivity contribution in [1.29, 1.82) is 0 Å². The summed E-state index contributed by atoms with van der Waals surface area (Å²) in [7, 11) is 0. The van der Waals surface area contributed by atoms with Gasteiger partial charge in [0.1, 0.15) is 0 Å². The first-order valence-electron chi connectivity index (χ1n) is 23.0. The maximum atomic E-state index is 4.95. The third-order valence-electron chi connectivity index (χ3n) is 14.2. The van der Waals surface area contributed by atoms with Gasteiger partial charge in [0.05, 0.1) is 5.41 Å². The van der Waals surface area contributed by atoms with Gasteiger partial charge in [0.25, 0.3) is 0 Å². The lowest BCUT2D eigenvalue weighted by Crippen LogP contribution is -2.28. The van der Waals surface area contributed by atoms with Gasteiger partial charge >= 0.3 is 0 Å². The van der Waals surface area contributed by atoms with E-state index < -0.39 is 5.41 Å². The first-order valence-corrected chi connectivity index (χ1v) is 23.0. The Morgan fingerprint density at radius 1 is 0.394 bits per heavy atom. The minimum absolute atomic E-state index is 0.0810. The fourth-order valence-corrected chi connectivity index (χ4v) is 11.0. The van der Waals surface area contributed by atoms with Gasteiger partial charge in [-0.25, -0.2) is 0 Å². The number of benzene rings is 11. The number of rotatable bonds is 9. The van der Waals surface area contributed by atoms with Crippen LogP contribution >= 0.6 is 0 Å². The molecule has 11 aromatic carbocycles. The van der Waals surface area contributed by atoms with Crippen LogP contribution in [-0.4, -0.2) is 0 Å². The van der Waals surface area contributed by atoms with Crippen LogP contribution in [0.15, 0.2) is 261 Å². The summed E-state index contributed by atoms with van der Waals surface area (Å²) in [5.74, 6) is 0.0810. The van der Waals surface area contributed by atoms with Crippen LogP contribution < -0.4 is 4.90 Å². The highest BCUT2D eigenvalue weighted by Gasteiger charge is 2.49. The molecule has 1 nitrogen and oxygen atoms in total. The average Bonchev–Trinajstić information content (AvgIpc) is 3.63. The standard InChI is InChI=1S/C65H47N/c1-3-14-58-44(2)65(53-17-6-4-7-18-53,54-19-8-5-9-20-54)64-40-39-57(43-63(58)64)66(55-35-31-45(32-36-55)51-29-27-49-25-23-47-15-10-12-21-59(47)61(49)41-51)56-37-33-46(34-38-56)52-30-28-50-26-24-48-16-11-13-22-60(48)62(50)42-52/h3-13,15-43,58H,1-2,14H2. The van der Waals surface area contributed by atoms with Crippen LogP contribution in [0, 0.1) is 0 Å². The molecular formula is C65H47N. The van der Waals surface area contributed by atoms with Gasteiger partial charge in [0.2, 0.25) is 0 Å². The van der Waals surface area contributed by atoms with Crippen molar-refractivity contribution in [2.24, 2.45) is 0 Å².